The van der Waals surface area contributed by atoms with Crippen LogP contribution < -0.4 is 10.6 Å². The number of hydrogen-bond acceptors (Lipinski definition) is 3. The first-order valence-corrected chi connectivity index (χ1v) is 8.62. The molecule has 0 aliphatic heterocycles. The van der Waals surface area contributed by atoms with Crippen molar-refractivity contribution in [3.63, 3.8) is 0 Å². The van der Waals surface area contributed by atoms with Crippen LogP contribution in [0, 0.1) is 0 Å². The van der Waals surface area contributed by atoms with Crippen molar-refractivity contribution in [2.75, 3.05) is 12.8 Å². The summed E-state index contributed by atoms with van der Waals surface area (Å²) in [6.45, 7) is 0.505. The summed E-state index contributed by atoms with van der Waals surface area (Å²) in [6, 6.07) is 0.995. The van der Waals surface area contributed by atoms with E-state index in [9.17, 15) is 4.79 Å². The molecule has 104 valence electrons. The van der Waals surface area contributed by atoms with Gasteiger partial charge in [0, 0.05) is 17.3 Å². The number of thioether (sulfide) groups is 1. The van der Waals surface area contributed by atoms with E-state index in [1.54, 1.807) is 0 Å². The number of rotatable bonds is 5. The highest BCUT2D eigenvalue weighted by Gasteiger charge is 2.23. The Morgan fingerprint density at radius 1 is 1.11 bits per heavy atom. The lowest BCUT2D eigenvalue weighted by atomic mass is 9.95. The van der Waals surface area contributed by atoms with Gasteiger partial charge in [-0.3, -0.25) is 4.79 Å². The van der Waals surface area contributed by atoms with Gasteiger partial charge in [0.2, 0.25) is 5.91 Å². The molecule has 0 bridgehead atoms. The standard InChI is InChI=1S/C14H26N2OS/c1-18-13-8-4-7-12(9-13)16-14(17)10-15-11-5-2-3-6-11/h11-13,15H,2-10H2,1H3,(H,16,17). The van der Waals surface area contributed by atoms with Gasteiger partial charge in [-0.25, -0.2) is 0 Å². The quantitative estimate of drug-likeness (QED) is 0.805. The van der Waals surface area contributed by atoms with Crippen molar-refractivity contribution >= 4 is 17.7 Å². The molecular formula is C14H26N2OS. The van der Waals surface area contributed by atoms with Crippen LogP contribution in [0.2, 0.25) is 0 Å². The molecule has 0 aromatic rings. The third-order valence-electron chi connectivity index (χ3n) is 4.23. The Bertz CT molecular complexity index is 267. The summed E-state index contributed by atoms with van der Waals surface area (Å²) in [5.74, 6) is 0.189. The van der Waals surface area contributed by atoms with Gasteiger partial charge in [-0.1, -0.05) is 19.3 Å². The molecule has 1 amide bonds. The second-order valence-electron chi connectivity index (χ2n) is 5.65. The first kappa shape index (κ1) is 14.2. The molecule has 18 heavy (non-hydrogen) atoms. The Balaban J connectivity index is 1.63. The summed E-state index contributed by atoms with van der Waals surface area (Å²) in [5.41, 5.74) is 0. The van der Waals surface area contributed by atoms with E-state index in [1.807, 2.05) is 11.8 Å². The predicted molar refractivity (Wildman–Crippen MR) is 78.0 cm³/mol. The summed E-state index contributed by atoms with van der Waals surface area (Å²) >= 11 is 1.94. The van der Waals surface area contributed by atoms with E-state index in [0.717, 1.165) is 18.1 Å². The van der Waals surface area contributed by atoms with Crippen LogP contribution >= 0.6 is 11.8 Å². The van der Waals surface area contributed by atoms with Gasteiger partial charge in [0.1, 0.15) is 0 Å². The smallest absolute Gasteiger partial charge is 0.234 e. The molecule has 2 N–H and O–H groups in total. The number of carbonyl (C=O) groups excluding carboxylic acids is 1. The van der Waals surface area contributed by atoms with Crippen molar-refractivity contribution < 1.29 is 4.79 Å². The van der Waals surface area contributed by atoms with Crippen molar-refractivity contribution in [1.29, 1.82) is 0 Å². The maximum Gasteiger partial charge on any atom is 0.234 e. The fraction of sp³-hybridized carbons (Fsp3) is 0.929. The van der Waals surface area contributed by atoms with Crippen molar-refractivity contribution in [3.8, 4) is 0 Å². The zero-order valence-electron chi connectivity index (χ0n) is 11.4. The highest BCUT2D eigenvalue weighted by Crippen LogP contribution is 2.26. The average molecular weight is 270 g/mol. The van der Waals surface area contributed by atoms with Gasteiger partial charge in [-0.05, 0) is 38.4 Å². The number of carbonyl (C=O) groups is 1. The Kier molecular flexibility index (Phi) is 5.83. The lowest BCUT2D eigenvalue weighted by molar-refractivity contribution is -0.121. The lowest BCUT2D eigenvalue weighted by Crippen LogP contribution is -2.44. The Labute approximate surface area is 115 Å². The first-order chi connectivity index (χ1) is 8.78. The van der Waals surface area contributed by atoms with Gasteiger partial charge in [0.25, 0.3) is 0 Å². The topological polar surface area (TPSA) is 41.1 Å². The van der Waals surface area contributed by atoms with E-state index in [1.165, 1.54) is 38.5 Å². The number of amides is 1. The van der Waals surface area contributed by atoms with Crippen LogP contribution in [0.5, 0.6) is 0 Å². The van der Waals surface area contributed by atoms with Gasteiger partial charge in [0.15, 0.2) is 0 Å². The third kappa shape index (κ3) is 4.47. The second-order valence-corrected chi connectivity index (χ2v) is 6.79. The zero-order chi connectivity index (χ0) is 12.8. The van der Waals surface area contributed by atoms with Gasteiger partial charge in [-0.2, -0.15) is 11.8 Å². The maximum absolute atomic E-state index is 11.9. The predicted octanol–water partition coefficient (Wildman–Crippen LogP) is 2.31. The van der Waals surface area contributed by atoms with E-state index in [2.05, 4.69) is 16.9 Å². The molecule has 0 aromatic heterocycles. The fourth-order valence-corrected chi connectivity index (χ4v) is 3.96. The highest BCUT2D eigenvalue weighted by atomic mass is 32.2. The number of hydrogen-bond donors (Lipinski definition) is 2. The summed E-state index contributed by atoms with van der Waals surface area (Å²) in [6.07, 6.45) is 12.2. The molecule has 0 spiro atoms. The van der Waals surface area contributed by atoms with Crippen LogP contribution in [0.25, 0.3) is 0 Å². The summed E-state index contributed by atoms with van der Waals surface area (Å²) in [4.78, 5) is 11.9. The van der Waals surface area contributed by atoms with E-state index in [-0.39, 0.29) is 5.91 Å². The molecule has 2 fully saturated rings. The van der Waals surface area contributed by atoms with E-state index < -0.39 is 0 Å². The van der Waals surface area contributed by atoms with E-state index in [4.69, 9.17) is 0 Å². The largest absolute Gasteiger partial charge is 0.352 e. The summed E-state index contributed by atoms with van der Waals surface area (Å²) in [5, 5.41) is 7.31. The molecule has 2 saturated carbocycles. The van der Waals surface area contributed by atoms with Crippen LogP contribution in [0.3, 0.4) is 0 Å². The monoisotopic (exact) mass is 270 g/mol. The van der Waals surface area contributed by atoms with Crippen molar-refractivity contribution in [2.24, 2.45) is 0 Å². The fourth-order valence-electron chi connectivity index (χ4n) is 3.14. The molecule has 3 nitrogen and oxygen atoms in total. The molecule has 2 aliphatic carbocycles. The highest BCUT2D eigenvalue weighted by molar-refractivity contribution is 7.99. The summed E-state index contributed by atoms with van der Waals surface area (Å²) < 4.78 is 0. The van der Waals surface area contributed by atoms with Crippen LogP contribution in [-0.2, 0) is 4.79 Å². The minimum absolute atomic E-state index is 0.189. The Morgan fingerprint density at radius 2 is 1.83 bits per heavy atom. The maximum atomic E-state index is 11.9. The Morgan fingerprint density at radius 3 is 2.56 bits per heavy atom. The zero-order valence-corrected chi connectivity index (χ0v) is 12.2. The van der Waals surface area contributed by atoms with Crippen LogP contribution in [-0.4, -0.2) is 36.0 Å². The van der Waals surface area contributed by atoms with Crippen LogP contribution in [0.15, 0.2) is 0 Å². The molecule has 0 aromatic carbocycles. The average Bonchev–Trinajstić information content (AvgIpc) is 2.90. The van der Waals surface area contributed by atoms with Crippen molar-refractivity contribution in [2.45, 2.75) is 68.7 Å². The van der Waals surface area contributed by atoms with E-state index in [0.29, 0.717) is 18.6 Å². The molecule has 2 aliphatic rings. The van der Waals surface area contributed by atoms with Gasteiger partial charge in [0.05, 0.1) is 6.54 Å². The lowest BCUT2D eigenvalue weighted by Gasteiger charge is -2.28. The molecule has 0 radical (unpaired) electrons. The van der Waals surface area contributed by atoms with Crippen molar-refractivity contribution in [3.05, 3.63) is 0 Å². The second kappa shape index (κ2) is 7.39. The van der Waals surface area contributed by atoms with Gasteiger partial charge < -0.3 is 10.6 Å². The third-order valence-corrected chi connectivity index (χ3v) is 5.33. The van der Waals surface area contributed by atoms with E-state index >= 15 is 0 Å². The Hall–Kier alpha value is -0.220. The minimum atomic E-state index is 0.189. The molecule has 2 unspecified atom stereocenters. The normalized spacial score (nSPS) is 29.4. The SMILES string of the molecule is CSC1CCCC(NC(=O)CNC2CCCC2)C1. The minimum Gasteiger partial charge on any atom is -0.352 e. The van der Waals surface area contributed by atoms with Gasteiger partial charge in [-0.15, -0.1) is 0 Å². The van der Waals surface area contributed by atoms with Crippen molar-refractivity contribution in [1.82, 2.24) is 10.6 Å². The molecule has 0 heterocycles. The molecule has 0 saturated heterocycles. The molecular weight excluding hydrogens is 244 g/mol. The molecule has 2 atom stereocenters. The van der Waals surface area contributed by atoms with Crippen LogP contribution in [0.1, 0.15) is 51.4 Å². The first-order valence-electron chi connectivity index (χ1n) is 7.33. The molecule has 4 heteroatoms. The van der Waals surface area contributed by atoms with Gasteiger partial charge >= 0.3 is 0 Å². The molecule has 2 rings (SSSR count). The summed E-state index contributed by atoms with van der Waals surface area (Å²) in [7, 11) is 0. The number of nitrogens with one attached hydrogen (secondary N) is 2. The van der Waals surface area contributed by atoms with Crippen LogP contribution in [0.4, 0.5) is 0 Å².